The van der Waals surface area contributed by atoms with E-state index in [1.807, 2.05) is 12.1 Å². The third-order valence-corrected chi connectivity index (χ3v) is 6.00. The number of hydrogen-bond donors (Lipinski definition) is 0. The molecule has 1 aliphatic rings. The molecule has 0 bridgehead atoms. The standard InChI is InChI=1S/C18H20ClNO5S/c19-15-2-1-3-17(14-15)25-13-12-24-16-4-6-18(7-5-16)26(21,22)20-8-10-23-11-9-20/h1-7,14H,8-13H2. The van der Waals surface area contributed by atoms with Crippen molar-refractivity contribution in [2.75, 3.05) is 39.5 Å². The van der Waals surface area contributed by atoms with Gasteiger partial charge in [0.05, 0.1) is 18.1 Å². The van der Waals surface area contributed by atoms with E-state index in [0.29, 0.717) is 56.0 Å². The Hall–Kier alpha value is -1.80. The lowest BCUT2D eigenvalue weighted by atomic mass is 10.3. The first kappa shape index (κ1) is 19.0. The smallest absolute Gasteiger partial charge is 0.243 e. The summed E-state index contributed by atoms with van der Waals surface area (Å²) in [6, 6.07) is 13.5. The zero-order valence-corrected chi connectivity index (χ0v) is 15.7. The summed E-state index contributed by atoms with van der Waals surface area (Å²) < 4.78 is 42.8. The maximum absolute atomic E-state index is 12.5. The highest BCUT2D eigenvalue weighted by molar-refractivity contribution is 7.89. The summed E-state index contributed by atoms with van der Waals surface area (Å²) in [7, 11) is -3.48. The van der Waals surface area contributed by atoms with Crippen molar-refractivity contribution in [2.45, 2.75) is 4.90 Å². The third kappa shape index (κ3) is 4.88. The molecule has 1 heterocycles. The van der Waals surface area contributed by atoms with Crippen LogP contribution in [0.3, 0.4) is 0 Å². The van der Waals surface area contributed by atoms with E-state index in [-0.39, 0.29) is 4.90 Å². The molecule has 0 aromatic heterocycles. The normalized spacial score (nSPS) is 15.6. The van der Waals surface area contributed by atoms with E-state index in [4.69, 9.17) is 25.8 Å². The summed E-state index contributed by atoms with van der Waals surface area (Å²) in [5.41, 5.74) is 0. The molecule has 0 aliphatic carbocycles. The van der Waals surface area contributed by atoms with Crippen molar-refractivity contribution in [1.29, 1.82) is 0 Å². The SMILES string of the molecule is O=S(=O)(c1ccc(OCCOc2cccc(Cl)c2)cc1)N1CCOCC1. The van der Waals surface area contributed by atoms with Crippen molar-refractivity contribution < 1.29 is 22.6 Å². The number of sulfonamides is 1. The van der Waals surface area contributed by atoms with Gasteiger partial charge in [-0.05, 0) is 42.5 Å². The highest BCUT2D eigenvalue weighted by Crippen LogP contribution is 2.21. The van der Waals surface area contributed by atoms with E-state index in [1.165, 1.54) is 4.31 Å². The third-order valence-electron chi connectivity index (χ3n) is 3.85. The van der Waals surface area contributed by atoms with Crippen molar-refractivity contribution in [3.63, 3.8) is 0 Å². The molecule has 0 unspecified atom stereocenters. The molecule has 3 rings (SSSR count). The second kappa shape index (κ2) is 8.73. The Kier molecular flexibility index (Phi) is 6.37. The van der Waals surface area contributed by atoms with Gasteiger partial charge in [0, 0.05) is 18.1 Å². The van der Waals surface area contributed by atoms with E-state index < -0.39 is 10.0 Å². The summed E-state index contributed by atoms with van der Waals surface area (Å²) in [5.74, 6) is 1.26. The van der Waals surface area contributed by atoms with Crippen LogP contribution in [-0.4, -0.2) is 52.2 Å². The first-order valence-electron chi connectivity index (χ1n) is 8.25. The molecule has 2 aromatic rings. The van der Waals surface area contributed by atoms with Gasteiger partial charge in [-0.2, -0.15) is 4.31 Å². The summed E-state index contributed by atoms with van der Waals surface area (Å²) in [4.78, 5) is 0.252. The minimum atomic E-state index is -3.48. The van der Waals surface area contributed by atoms with E-state index in [0.717, 1.165) is 0 Å². The van der Waals surface area contributed by atoms with Crippen LogP contribution in [0, 0.1) is 0 Å². The fraction of sp³-hybridized carbons (Fsp3) is 0.333. The van der Waals surface area contributed by atoms with Crippen molar-refractivity contribution in [3.8, 4) is 11.5 Å². The number of ether oxygens (including phenoxy) is 3. The quantitative estimate of drug-likeness (QED) is 0.672. The van der Waals surface area contributed by atoms with Crippen LogP contribution >= 0.6 is 11.6 Å². The molecule has 2 aromatic carbocycles. The molecule has 8 heteroatoms. The lowest BCUT2D eigenvalue weighted by molar-refractivity contribution is 0.0730. The molecule has 0 spiro atoms. The van der Waals surface area contributed by atoms with Crippen molar-refractivity contribution in [2.24, 2.45) is 0 Å². The van der Waals surface area contributed by atoms with Gasteiger partial charge in [0.25, 0.3) is 0 Å². The maximum atomic E-state index is 12.5. The van der Waals surface area contributed by atoms with Crippen molar-refractivity contribution in [3.05, 3.63) is 53.6 Å². The maximum Gasteiger partial charge on any atom is 0.243 e. The average Bonchev–Trinajstić information content (AvgIpc) is 2.66. The predicted molar refractivity (Wildman–Crippen MR) is 98.5 cm³/mol. The predicted octanol–water partition coefficient (Wildman–Crippen LogP) is 2.82. The van der Waals surface area contributed by atoms with Crippen LogP contribution in [-0.2, 0) is 14.8 Å². The van der Waals surface area contributed by atoms with Crippen molar-refractivity contribution in [1.82, 2.24) is 4.31 Å². The van der Waals surface area contributed by atoms with Crippen LogP contribution < -0.4 is 9.47 Å². The van der Waals surface area contributed by atoms with E-state index in [9.17, 15) is 8.42 Å². The highest BCUT2D eigenvalue weighted by Gasteiger charge is 2.26. The number of rotatable bonds is 7. The Balaban J connectivity index is 1.51. The second-order valence-corrected chi connectivity index (χ2v) is 8.02. The Bertz CT molecular complexity index is 820. The minimum absolute atomic E-state index is 0.252. The van der Waals surface area contributed by atoms with Gasteiger partial charge in [0.15, 0.2) is 0 Å². The molecule has 6 nitrogen and oxygen atoms in total. The Morgan fingerprint density at radius 1 is 0.962 bits per heavy atom. The Labute approximate surface area is 158 Å². The van der Waals surface area contributed by atoms with Crippen LogP contribution in [0.4, 0.5) is 0 Å². The number of benzene rings is 2. The van der Waals surface area contributed by atoms with Gasteiger partial charge >= 0.3 is 0 Å². The highest BCUT2D eigenvalue weighted by atomic mass is 35.5. The van der Waals surface area contributed by atoms with Crippen LogP contribution in [0.5, 0.6) is 11.5 Å². The fourth-order valence-electron chi connectivity index (χ4n) is 2.52. The largest absolute Gasteiger partial charge is 0.490 e. The second-order valence-electron chi connectivity index (χ2n) is 5.64. The molecule has 0 radical (unpaired) electrons. The van der Waals surface area contributed by atoms with Crippen LogP contribution in [0.25, 0.3) is 0 Å². The van der Waals surface area contributed by atoms with Gasteiger partial charge in [-0.25, -0.2) is 8.42 Å². The first-order chi connectivity index (χ1) is 12.6. The zero-order valence-electron chi connectivity index (χ0n) is 14.1. The summed E-state index contributed by atoms with van der Waals surface area (Å²) in [6.45, 7) is 2.29. The molecule has 26 heavy (non-hydrogen) atoms. The van der Waals surface area contributed by atoms with Crippen molar-refractivity contribution >= 4 is 21.6 Å². The Morgan fingerprint density at radius 3 is 2.27 bits per heavy atom. The molecule has 140 valence electrons. The lowest BCUT2D eigenvalue weighted by Crippen LogP contribution is -2.40. The summed E-state index contributed by atoms with van der Waals surface area (Å²) in [6.07, 6.45) is 0. The molecule has 1 fully saturated rings. The van der Waals surface area contributed by atoms with E-state index >= 15 is 0 Å². The lowest BCUT2D eigenvalue weighted by Gasteiger charge is -2.26. The number of hydrogen-bond acceptors (Lipinski definition) is 5. The van der Waals surface area contributed by atoms with Gasteiger partial charge in [-0.3, -0.25) is 0 Å². The van der Waals surface area contributed by atoms with E-state index in [1.54, 1.807) is 36.4 Å². The van der Waals surface area contributed by atoms with Crippen LogP contribution in [0.15, 0.2) is 53.4 Å². The van der Waals surface area contributed by atoms with Gasteiger partial charge in [-0.15, -0.1) is 0 Å². The molecule has 1 saturated heterocycles. The average molecular weight is 398 g/mol. The summed E-state index contributed by atoms with van der Waals surface area (Å²) in [5, 5.41) is 0.612. The molecule has 0 saturated carbocycles. The molecular weight excluding hydrogens is 378 g/mol. The molecular formula is C18H20ClNO5S. The van der Waals surface area contributed by atoms with E-state index in [2.05, 4.69) is 0 Å². The topological polar surface area (TPSA) is 65.1 Å². The van der Waals surface area contributed by atoms with Crippen LogP contribution in [0.1, 0.15) is 0 Å². The van der Waals surface area contributed by atoms with Crippen LogP contribution in [0.2, 0.25) is 5.02 Å². The van der Waals surface area contributed by atoms with Gasteiger partial charge in [0.2, 0.25) is 10.0 Å². The molecule has 0 atom stereocenters. The van der Waals surface area contributed by atoms with Gasteiger partial charge in [0.1, 0.15) is 24.7 Å². The fourth-order valence-corrected chi connectivity index (χ4v) is 4.11. The molecule has 1 aliphatic heterocycles. The minimum Gasteiger partial charge on any atom is -0.490 e. The zero-order chi connectivity index (χ0) is 18.4. The van der Waals surface area contributed by atoms with Gasteiger partial charge < -0.3 is 14.2 Å². The Morgan fingerprint density at radius 2 is 1.62 bits per heavy atom. The number of nitrogens with zero attached hydrogens (tertiary/aromatic N) is 1. The number of morpholine rings is 1. The molecule has 0 N–H and O–H groups in total. The first-order valence-corrected chi connectivity index (χ1v) is 10.1. The molecule has 0 amide bonds. The van der Waals surface area contributed by atoms with Gasteiger partial charge in [-0.1, -0.05) is 17.7 Å². The monoisotopic (exact) mass is 397 g/mol. The summed E-state index contributed by atoms with van der Waals surface area (Å²) >= 11 is 5.89. The number of halogens is 1.